The van der Waals surface area contributed by atoms with Crippen LogP contribution in [-0.2, 0) is 14.1 Å². The van der Waals surface area contributed by atoms with Crippen LogP contribution in [0, 0.1) is 0 Å². The van der Waals surface area contributed by atoms with E-state index in [0.717, 1.165) is 0 Å². The minimum atomic E-state index is -1.19. The molecule has 2 rings (SSSR count). The van der Waals surface area contributed by atoms with Gasteiger partial charge in [0, 0.05) is 26.5 Å². The Balaban J connectivity index is 2.26. The van der Waals surface area contributed by atoms with Crippen LogP contribution in [0.2, 0.25) is 0 Å². The molecule has 0 spiro atoms. The zero-order chi connectivity index (χ0) is 13.3. The van der Waals surface area contributed by atoms with E-state index in [1.54, 1.807) is 20.3 Å². The highest BCUT2D eigenvalue weighted by Crippen LogP contribution is 2.10. The van der Waals surface area contributed by atoms with Gasteiger partial charge < -0.3 is 10.4 Å². The van der Waals surface area contributed by atoms with Crippen molar-refractivity contribution in [3.63, 3.8) is 0 Å². The van der Waals surface area contributed by atoms with Crippen LogP contribution in [-0.4, -0.2) is 36.5 Å². The standard InChI is InChI=1S/C10H11N5O3/c1-14-4-6(3-11-14)12-9(16)8-7(10(17)18)5-15(2)13-8/h3-5H,1-2H3,(H,12,16)(H,17,18). The lowest BCUT2D eigenvalue weighted by Crippen LogP contribution is -2.16. The van der Waals surface area contributed by atoms with Crippen LogP contribution >= 0.6 is 0 Å². The van der Waals surface area contributed by atoms with Crippen molar-refractivity contribution >= 4 is 17.6 Å². The van der Waals surface area contributed by atoms with E-state index in [4.69, 9.17) is 5.11 Å². The third kappa shape index (κ3) is 2.21. The Morgan fingerprint density at radius 2 is 2.00 bits per heavy atom. The first-order valence-electron chi connectivity index (χ1n) is 5.04. The highest BCUT2D eigenvalue weighted by molar-refractivity contribution is 6.09. The van der Waals surface area contributed by atoms with Gasteiger partial charge in [-0.05, 0) is 0 Å². The molecule has 2 aromatic rings. The zero-order valence-electron chi connectivity index (χ0n) is 9.78. The first-order valence-corrected chi connectivity index (χ1v) is 5.04. The van der Waals surface area contributed by atoms with Crippen LogP contribution in [0.3, 0.4) is 0 Å². The van der Waals surface area contributed by atoms with E-state index >= 15 is 0 Å². The lowest BCUT2D eigenvalue weighted by Gasteiger charge is -1.99. The number of aromatic carboxylic acids is 1. The number of hydrogen-bond acceptors (Lipinski definition) is 4. The SMILES string of the molecule is Cn1cc(NC(=O)c2nn(C)cc2C(=O)O)cn1. The van der Waals surface area contributed by atoms with Crippen molar-refractivity contribution in [3.05, 3.63) is 29.8 Å². The molecule has 8 nitrogen and oxygen atoms in total. The lowest BCUT2D eigenvalue weighted by atomic mass is 10.2. The summed E-state index contributed by atoms with van der Waals surface area (Å²) in [6.45, 7) is 0. The summed E-state index contributed by atoms with van der Waals surface area (Å²) in [5.74, 6) is -1.78. The molecular weight excluding hydrogens is 238 g/mol. The average molecular weight is 249 g/mol. The maximum Gasteiger partial charge on any atom is 0.339 e. The van der Waals surface area contributed by atoms with Crippen LogP contribution < -0.4 is 5.32 Å². The fourth-order valence-electron chi connectivity index (χ4n) is 1.49. The number of carboxylic acids is 1. The lowest BCUT2D eigenvalue weighted by molar-refractivity contribution is 0.0692. The molecule has 0 bridgehead atoms. The number of aromatic nitrogens is 4. The second-order valence-corrected chi connectivity index (χ2v) is 3.73. The first kappa shape index (κ1) is 11.8. The van der Waals surface area contributed by atoms with E-state index in [-0.39, 0.29) is 11.3 Å². The summed E-state index contributed by atoms with van der Waals surface area (Å²) >= 11 is 0. The van der Waals surface area contributed by atoms with Crippen LogP contribution in [0.15, 0.2) is 18.6 Å². The zero-order valence-corrected chi connectivity index (χ0v) is 9.78. The summed E-state index contributed by atoms with van der Waals surface area (Å²) in [5, 5.41) is 19.2. The Bertz CT molecular complexity index is 613. The summed E-state index contributed by atoms with van der Waals surface area (Å²) in [5.41, 5.74) is 0.206. The van der Waals surface area contributed by atoms with Gasteiger partial charge in [-0.25, -0.2) is 4.79 Å². The number of anilines is 1. The molecule has 0 saturated carbocycles. The van der Waals surface area contributed by atoms with E-state index in [2.05, 4.69) is 15.5 Å². The van der Waals surface area contributed by atoms with Crippen LogP contribution in [0.4, 0.5) is 5.69 Å². The van der Waals surface area contributed by atoms with Gasteiger partial charge >= 0.3 is 5.97 Å². The van der Waals surface area contributed by atoms with Crippen molar-refractivity contribution in [3.8, 4) is 0 Å². The van der Waals surface area contributed by atoms with Crippen LogP contribution in [0.1, 0.15) is 20.8 Å². The third-order valence-electron chi connectivity index (χ3n) is 2.24. The molecule has 2 N–H and O–H groups in total. The molecular formula is C10H11N5O3. The highest BCUT2D eigenvalue weighted by Gasteiger charge is 2.21. The molecule has 0 atom stereocenters. The maximum atomic E-state index is 11.9. The van der Waals surface area contributed by atoms with Crippen molar-refractivity contribution < 1.29 is 14.7 Å². The summed E-state index contributed by atoms with van der Waals surface area (Å²) in [6, 6.07) is 0. The largest absolute Gasteiger partial charge is 0.478 e. The predicted octanol–water partition coefficient (Wildman–Crippen LogP) is 0.104. The topological polar surface area (TPSA) is 102 Å². The highest BCUT2D eigenvalue weighted by atomic mass is 16.4. The molecule has 0 unspecified atom stereocenters. The van der Waals surface area contributed by atoms with E-state index in [1.165, 1.54) is 21.8 Å². The van der Waals surface area contributed by atoms with E-state index in [1.807, 2.05) is 0 Å². The number of carboxylic acid groups (broad SMARTS) is 1. The molecule has 94 valence electrons. The number of nitrogens with one attached hydrogen (secondary N) is 1. The number of aryl methyl sites for hydroxylation is 2. The minimum absolute atomic E-state index is 0.131. The van der Waals surface area contributed by atoms with Crippen molar-refractivity contribution in [2.45, 2.75) is 0 Å². The fraction of sp³-hybridized carbons (Fsp3) is 0.200. The fourth-order valence-corrected chi connectivity index (χ4v) is 1.49. The number of carbonyl (C=O) groups is 2. The van der Waals surface area contributed by atoms with Gasteiger partial charge in [-0.1, -0.05) is 0 Å². The van der Waals surface area contributed by atoms with Gasteiger partial charge in [0.2, 0.25) is 0 Å². The molecule has 8 heteroatoms. The second-order valence-electron chi connectivity index (χ2n) is 3.73. The van der Waals surface area contributed by atoms with Gasteiger partial charge in [-0.3, -0.25) is 14.2 Å². The van der Waals surface area contributed by atoms with Crippen molar-refractivity contribution in [2.75, 3.05) is 5.32 Å². The van der Waals surface area contributed by atoms with E-state index in [0.29, 0.717) is 5.69 Å². The molecule has 2 heterocycles. The molecule has 0 aliphatic carbocycles. The van der Waals surface area contributed by atoms with Crippen LogP contribution in [0.25, 0.3) is 0 Å². The smallest absolute Gasteiger partial charge is 0.339 e. The molecule has 0 saturated heterocycles. The van der Waals surface area contributed by atoms with Gasteiger partial charge in [0.1, 0.15) is 5.56 Å². The van der Waals surface area contributed by atoms with Gasteiger partial charge in [-0.15, -0.1) is 0 Å². The number of nitrogens with zero attached hydrogens (tertiary/aromatic N) is 4. The monoisotopic (exact) mass is 249 g/mol. The number of rotatable bonds is 3. The molecule has 18 heavy (non-hydrogen) atoms. The Morgan fingerprint density at radius 1 is 1.28 bits per heavy atom. The maximum absolute atomic E-state index is 11.9. The molecule has 2 aromatic heterocycles. The van der Waals surface area contributed by atoms with Gasteiger partial charge in [0.15, 0.2) is 5.69 Å². The van der Waals surface area contributed by atoms with Gasteiger partial charge in [0.25, 0.3) is 5.91 Å². The average Bonchev–Trinajstić information content (AvgIpc) is 2.85. The molecule has 0 fully saturated rings. The number of amides is 1. The van der Waals surface area contributed by atoms with Crippen LogP contribution in [0.5, 0.6) is 0 Å². The Hall–Kier alpha value is -2.64. The molecule has 0 aliphatic heterocycles. The summed E-state index contributed by atoms with van der Waals surface area (Å²) < 4.78 is 2.80. The summed E-state index contributed by atoms with van der Waals surface area (Å²) in [4.78, 5) is 22.8. The molecule has 0 aliphatic rings. The van der Waals surface area contributed by atoms with Crippen molar-refractivity contribution in [1.82, 2.24) is 19.6 Å². The summed E-state index contributed by atoms with van der Waals surface area (Å²) in [7, 11) is 3.26. The Kier molecular flexibility index (Phi) is 2.84. The first-order chi connectivity index (χ1) is 8.47. The summed E-state index contributed by atoms with van der Waals surface area (Å²) in [6.07, 6.45) is 4.34. The Labute approximate surface area is 102 Å². The van der Waals surface area contributed by atoms with E-state index in [9.17, 15) is 9.59 Å². The molecule has 1 amide bonds. The predicted molar refractivity (Wildman–Crippen MR) is 61.3 cm³/mol. The Morgan fingerprint density at radius 3 is 2.56 bits per heavy atom. The van der Waals surface area contributed by atoms with E-state index < -0.39 is 11.9 Å². The van der Waals surface area contributed by atoms with Crippen molar-refractivity contribution in [2.24, 2.45) is 14.1 Å². The van der Waals surface area contributed by atoms with Crippen molar-refractivity contribution in [1.29, 1.82) is 0 Å². The molecule has 0 radical (unpaired) electrons. The normalized spacial score (nSPS) is 10.3. The van der Waals surface area contributed by atoms with Gasteiger partial charge in [-0.2, -0.15) is 10.2 Å². The van der Waals surface area contributed by atoms with Gasteiger partial charge in [0.05, 0.1) is 11.9 Å². The third-order valence-corrected chi connectivity index (χ3v) is 2.24. The molecule has 0 aromatic carbocycles. The second kappa shape index (κ2) is 4.32. The quantitative estimate of drug-likeness (QED) is 0.803. The minimum Gasteiger partial charge on any atom is -0.478 e. The number of hydrogen-bond donors (Lipinski definition) is 2. The number of carbonyl (C=O) groups excluding carboxylic acids is 1.